The first-order chi connectivity index (χ1) is 12.5. The number of fused-ring (bicyclic) bond motifs is 1. The second-order valence-corrected chi connectivity index (χ2v) is 6.01. The van der Waals surface area contributed by atoms with Gasteiger partial charge in [-0.05, 0) is 30.7 Å². The van der Waals surface area contributed by atoms with Gasteiger partial charge in [0.1, 0.15) is 0 Å². The molecule has 3 rings (SSSR count). The van der Waals surface area contributed by atoms with Gasteiger partial charge in [0.25, 0.3) is 0 Å². The summed E-state index contributed by atoms with van der Waals surface area (Å²) in [7, 11) is 0. The fourth-order valence-electron chi connectivity index (χ4n) is 2.73. The molecule has 0 bridgehead atoms. The lowest BCUT2D eigenvalue weighted by atomic mass is 10.1. The van der Waals surface area contributed by atoms with Crippen LogP contribution in [-0.4, -0.2) is 18.7 Å². The molecule has 0 aliphatic carbocycles. The minimum absolute atomic E-state index is 0.137. The van der Waals surface area contributed by atoms with Crippen LogP contribution in [0.4, 0.5) is 10.5 Å². The summed E-state index contributed by atoms with van der Waals surface area (Å²) in [5.74, 6) is 1.22. The number of rotatable bonds is 5. The highest BCUT2D eigenvalue weighted by atomic mass is 16.7. The van der Waals surface area contributed by atoms with E-state index in [4.69, 9.17) is 9.47 Å². The molecule has 1 aliphatic heterocycles. The van der Waals surface area contributed by atoms with Crippen LogP contribution in [0.1, 0.15) is 31.0 Å². The maximum atomic E-state index is 12.2. The molecule has 136 valence electrons. The molecule has 0 spiro atoms. The third-order valence-electron chi connectivity index (χ3n) is 3.97. The number of benzene rings is 2. The number of ether oxygens (including phenoxy) is 2. The Bertz CT molecular complexity index is 822. The summed E-state index contributed by atoms with van der Waals surface area (Å²) in [6.07, 6.45) is 0. The van der Waals surface area contributed by atoms with Gasteiger partial charge in [-0.3, -0.25) is 4.79 Å². The van der Waals surface area contributed by atoms with Crippen molar-refractivity contribution in [3.63, 3.8) is 0 Å². The minimum atomic E-state index is -0.293. The molecule has 0 saturated carbocycles. The van der Waals surface area contributed by atoms with Gasteiger partial charge < -0.3 is 25.4 Å². The fourth-order valence-corrected chi connectivity index (χ4v) is 2.73. The van der Waals surface area contributed by atoms with E-state index in [0.717, 1.165) is 11.1 Å². The zero-order valence-electron chi connectivity index (χ0n) is 14.7. The molecule has 2 aromatic carbocycles. The Morgan fingerprint density at radius 1 is 1.15 bits per heavy atom. The van der Waals surface area contributed by atoms with Crippen LogP contribution in [0.25, 0.3) is 0 Å². The minimum Gasteiger partial charge on any atom is -0.454 e. The van der Waals surface area contributed by atoms with Crippen molar-refractivity contribution in [2.24, 2.45) is 0 Å². The normalized spacial score (nSPS) is 13.0. The lowest BCUT2D eigenvalue weighted by Gasteiger charge is -2.16. The van der Waals surface area contributed by atoms with E-state index in [9.17, 15) is 9.59 Å². The van der Waals surface area contributed by atoms with Gasteiger partial charge in [-0.2, -0.15) is 0 Å². The average molecular weight is 355 g/mol. The van der Waals surface area contributed by atoms with Gasteiger partial charge in [0.15, 0.2) is 11.5 Å². The van der Waals surface area contributed by atoms with E-state index < -0.39 is 0 Å². The fraction of sp³-hybridized carbons (Fsp3) is 0.263. The molecular formula is C19H21N3O4. The molecule has 0 fully saturated rings. The molecular weight excluding hydrogens is 334 g/mol. The highest BCUT2D eigenvalue weighted by molar-refractivity contribution is 5.88. The van der Waals surface area contributed by atoms with E-state index in [1.54, 1.807) is 6.07 Å². The molecule has 3 N–H and O–H groups in total. The second kappa shape index (κ2) is 7.77. The molecule has 0 aromatic heterocycles. The molecule has 0 saturated heterocycles. The Morgan fingerprint density at radius 3 is 2.77 bits per heavy atom. The molecule has 1 aliphatic rings. The summed E-state index contributed by atoms with van der Waals surface area (Å²) in [6.45, 7) is 3.86. The van der Waals surface area contributed by atoms with Crippen LogP contribution in [0.3, 0.4) is 0 Å². The van der Waals surface area contributed by atoms with Crippen LogP contribution in [0.2, 0.25) is 0 Å². The first kappa shape index (κ1) is 17.6. The molecule has 7 heteroatoms. The highest BCUT2D eigenvalue weighted by Gasteiger charge is 2.17. The molecule has 26 heavy (non-hydrogen) atoms. The van der Waals surface area contributed by atoms with Gasteiger partial charge in [0.2, 0.25) is 12.7 Å². The second-order valence-electron chi connectivity index (χ2n) is 6.01. The van der Waals surface area contributed by atoms with Crippen molar-refractivity contribution < 1.29 is 19.1 Å². The first-order valence-corrected chi connectivity index (χ1v) is 8.32. The average Bonchev–Trinajstić information content (AvgIpc) is 3.09. The number of anilines is 1. The van der Waals surface area contributed by atoms with E-state index in [1.165, 1.54) is 6.92 Å². The standard InChI is InChI=1S/C19H21N3O4/c1-12(14-5-3-7-16(9-14)22-13(2)23)21-19(24)20-10-15-6-4-8-17-18(15)26-11-25-17/h3-9,12H,10-11H2,1-2H3,(H,22,23)(H2,20,21,24)/t12-/m0/s1. The predicted octanol–water partition coefficient (Wildman–Crippen LogP) is 2.93. The number of para-hydroxylation sites is 1. The van der Waals surface area contributed by atoms with Gasteiger partial charge in [-0.15, -0.1) is 0 Å². The third kappa shape index (κ3) is 4.24. The lowest BCUT2D eigenvalue weighted by molar-refractivity contribution is -0.114. The van der Waals surface area contributed by atoms with E-state index in [1.807, 2.05) is 43.3 Å². The number of amides is 3. The molecule has 2 aromatic rings. The van der Waals surface area contributed by atoms with Crippen molar-refractivity contribution in [2.75, 3.05) is 12.1 Å². The van der Waals surface area contributed by atoms with Gasteiger partial charge in [0.05, 0.1) is 6.04 Å². The monoisotopic (exact) mass is 355 g/mol. The summed E-state index contributed by atoms with van der Waals surface area (Å²) in [5.41, 5.74) is 2.44. The Hall–Kier alpha value is -3.22. The Balaban J connectivity index is 1.56. The number of carbonyl (C=O) groups excluding carboxylic acids is 2. The van der Waals surface area contributed by atoms with Crippen LogP contribution >= 0.6 is 0 Å². The predicted molar refractivity (Wildman–Crippen MR) is 97.1 cm³/mol. The van der Waals surface area contributed by atoms with E-state index in [-0.39, 0.29) is 24.8 Å². The number of carbonyl (C=O) groups is 2. The highest BCUT2D eigenvalue weighted by Crippen LogP contribution is 2.35. The summed E-state index contributed by atoms with van der Waals surface area (Å²) in [4.78, 5) is 23.4. The number of urea groups is 1. The van der Waals surface area contributed by atoms with E-state index in [0.29, 0.717) is 23.7 Å². The zero-order chi connectivity index (χ0) is 18.5. The smallest absolute Gasteiger partial charge is 0.315 e. The van der Waals surface area contributed by atoms with Gasteiger partial charge >= 0.3 is 6.03 Å². The molecule has 7 nitrogen and oxygen atoms in total. The van der Waals surface area contributed by atoms with Crippen LogP contribution in [-0.2, 0) is 11.3 Å². The van der Waals surface area contributed by atoms with Crippen molar-refractivity contribution in [3.05, 3.63) is 53.6 Å². The van der Waals surface area contributed by atoms with Crippen LogP contribution < -0.4 is 25.4 Å². The number of hydrogen-bond donors (Lipinski definition) is 3. The maximum Gasteiger partial charge on any atom is 0.315 e. The largest absolute Gasteiger partial charge is 0.454 e. The number of nitrogens with one attached hydrogen (secondary N) is 3. The Kier molecular flexibility index (Phi) is 5.26. The van der Waals surface area contributed by atoms with Crippen molar-refractivity contribution in [3.8, 4) is 11.5 Å². The zero-order valence-corrected chi connectivity index (χ0v) is 14.7. The Morgan fingerprint density at radius 2 is 1.96 bits per heavy atom. The molecule has 0 radical (unpaired) electrons. The third-order valence-corrected chi connectivity index (χ3v) is 3.97. The van der Waals surface area contributed by atoms with Crippen LogP contribution in [0, 0.1) is 0 Å². The summed E-state index contributed by atoms with van der Waals surface area (Å²) < 4.78 is 10.8. The maximum absolute atomic E-state index is 12.2. The van der Waals surface area contributed by atoms with Crippen molar-refractivity contribution in [1.82, 2.24) is 10.6 Å². The Labute approximate surface area is 151 Å². The van der Waals surface area contributed by atoms with E-state index in [2.05, 4.69) is 16.0 Å². The quantitative estimate of drug-likeness (QED) is 0.769. The first-order valence-electron chi connectivity index (χ1n) is 8.32. The van der Waals surface area contributed by atoms with Crippen molar-refractivity contribution in [1.29, 1.82) is 0 Å². The van der Waals surface area contributed by atoms with Gasteiger partial charge in [-0.25, -0.2) is 4.79 Å². The van der Waals surface area contributed by atoms with Crippen LogP contribution in [0.5, 0.6) is 11.5 Å². The SMILES string of the molecule is CC(=O)Nc1cccc([C@H](C)NC(=O)NCc2cccc3c2OCO3)c1. The number of hydrogen-bond acceptors (Lipinski definition) is 4. The molecule has 1 atom stereocenters. The van der Waals surface area contributed by atoms with Gasteiger partial charge in [-0.1, -0.05) is 24.3 Å². The molecule has 3 amide bonds. The molecule has 1 heterocycles. The van der Waals surface area contributed by atoms with Crippen molar-refractivity contribution >= 4 is 17.6 Å². The summed E-state index contributed by atoms with van der Waals surface area (Å²) >= 11 is 0. The molecule has 0 unspecified atom stereocenters. The lowest BCUT2D eigenvalue weighted by Crippen LogP contribution is -2.36. The van der Waals surface area contributed by atoms with Crippen molar-refractivity contribution in [2.45, 2.75) is 26.4 Å². The van der Waals surface area contributed by atoms with Gasteiger partial charge in [0, 0.05) is 24.7 Å². The van der Waals surface area contributed by atoms with E-state index >= 15 is 0 Å². The summed E-state index contributed by atoms with van der Waals surface area (Å²) in [6, 6.07) is 12.4. The van der Waals surface area contributed by atoms with Crippen LogP contribution in [0.15, 0.2) is 42.5 Å². The topological polar surface area (TPSA) is 88.7 Å². The summed E-state index contributed by atoms with van der Waals surface area (Å²) in [5, 5.41) is 8.43.